The maximum Gasteiger partial charge on any atom is 0.257 e. The third kappa shape index (κ3) is 6.36. The van der Waals surface area contributed by atoms with Gasteiger partial charge in [0, 0.05) is 68.6 Å². The highest BCUT2D eigenvalue weighted by Crippen LogP contribution is 2.35. The molecule has 0 bridgehead atoms. The molecule has 232 valence electrons. The van der Waals surface area contributed by atoms with Crippen molar-refractivity contribution in [2.45, 2.75) is 83.8 Å². The Morgan fingerprint density at radius 3 is 2.18 bits per heavy atom. The predicted octanol–water partition coefficient (Wildman–Crippen LogP) is 5.78. The largest absolute Gasteiger partial charge is 0.364 e. The molecule has 2 aromatic carbocycles. The SMILES string of the molecule is Cc1ncnc(C)c1C(=O)N1CCC(C)(N2CCC(N(Cc3ccccc3)c3ccc(N4CCCCC4=O)cc3)CC2)CC1. The summed E-state index contributed by atoms with van der Waals surface area (Å²) in [5.74, 6) is 0.300. The summed E-state index contributed by atoms with van der Waals surface area (Å²) < 4.78 is 0. The Labute approximate surface area is 262 Å². The molecule has 3 saturated heterocycles. The average Bonchev–Trinajstić information content (AvgIpc) is 3.05. The molecule has 1 aromatic heterocycles. The molecule has 44 heavy (non-hydrogen) atoms. The van der Waals surface area contributed by atoms with Gasteiger partial charge in [-0.2, -0.15) is 0 Å². The van der Waals surface area contributed by atoms with E-state index in [1.807, 2.05) is 23.6 Å². The Morgan fingerprint density at radius 1 is 0.886 bits per heavy atom. The topological polar surface area (TPSA) is 72.9 Å². The number of benzene rings is 2. The number of hydrogen-bond acceptors (Lipinski definition) is 6. The van der Waals surface area contributed by atoms with Crippen LogP contribution in [0.2, 0.25) is 0 Å². The maximum absolute atomic E-state index is 13.4. The first kappa shape index (κ1) is 30.3. The number of piperidine rings is 3. The predicted molar refractivity (Wildman–Crippen MR) is 175 cm³/mol. The molecule has 0 spiro atoms. The minimum atomic E-state index is 0.0635. The molecule has 0 unspecified atom stereocenters. The van der Waals surface area contributed by atoms with Gasteiger partial charge in [-0.05, 0) is 89.1 Å². The van der Waals surface area contributed by atoms with Gasteiger partial charge in [0.2, 0.25) is 5.91 Å². The van der Waals surface area contributed by atoms with Crippen LogP contribution in [0.15, 0.2) is 60.9 Å². The molecule has 2 amide bonds. The van der Waals surface area contributed by atoms with Gasteiger partial charge in [-0.3, -0.25) is 14.5 Å². The molecule has 6 rings (SSSR count). The Kier molecular flexibility index (Phi) is 8.98. The first-order valence-corrected chi connectivity index (χ1v) is 16.4. The number of nitrogens with zero attached hydrogens (tertiary/aromatic N) is 6. The van der Waals surface area contributed by atoms with Gasteiger partial charge in [0.15, 0.2) is 0 Å². The molecule has 3 aliphatic rings. The zero-order valence-electron chi connectivity index (χ0n) is 26.5. The van der Waals surface area contributed by atoms with Crippen molar-refractivity contribution < 1.29 is 9.59 Å². The highest BCUT2D eigenvalue weighted by Gasteiger charge is 2.40. The fourth-order valence-electron chi connectivity index (χ4n) is 7.40. The molecule has 3 aliphatic heterocycles. The van der Waals surface area contributed by atoms with Crippen LogP contribution in [0.5, 0.6) is 0 Å². The summed E-state index contributed by atoms with van der Waals surface area (Å²) in [6.07, 6.45) is 8.38. The van der Waals surface area contributed by atoms with Gasteiger partial charge >= 0.3 is 0 Å². The third-order valence-corrected chi connectivity index (χ3v) is 10.2. The van der Waals surface area contributed by atoms with Crippen LogP contribution in [-0.4, -0.2) is 75.9 Å². The minimum absolute atomic E-state index is 0.0635. The Balaban J connectivity index is 1.11. The smallest absolute Gasteiger partial charge is 0.257 e. The van der Waals surface area contributed by atoms with Crippen molar-refractivity contribution in [1.29, 1.82) is 0 Å². The number of amides is 2. The van der Waals surface area contributed by atoms with Crippen LogP contribution >= 0.6 is 0 Å². The van der Waals surface area contributed by atoms with Gasteiger partial charge in [-0.1, -0.05) is 30.3 Å². The fourth-order valence-corrected chi connectivity index (χ4v) is 7.40. The van der Waals surface area contributed by atoms with Crippen LogP contribution in [0, 0.1) is 13.8 Å². The highest BCUT2D eigenvalue weighted by atomic mass is 16.2. The van der Waals surface area contributed by atoms with Crippen LogP contribution in [0.4, 0.5) is 11.4 Å². The highest BCUT2D eigenvalue weighted by molar-refractivity contribution is 5.96. The van der Waals surface area contributed by atoms with Crippen LogP contribution in [0.25, 0.3) is 0 Å². The Morgan fingerprint density at radius 2 is 1.55 bits per heavy atom. The van der Waals surface area contributed by atoms with Gasteiger partial charge in [-0.25, -0.2) is 9.97 Å². The summed E-state index contributed by atoms with van der Waals surface area (Å²) in [6, 6.07) is 19.9. The molecule has 0 aliphatic carbocycles. The van der Waals surface area contributed by atoms with Crippen LogP contribution in [0.3, 0.4) is 0 Å². The van der Waals surface area contributed by atoms with E-state index in [9.17, 15) is 9.59 Å². The standard InChI is InChI=1S/C36H46N6O2/c1-27-34(28(2)38-26-37-27)35(44)39-23-18-36(3,19-24-39)40-21-16-32(17-22-40)42(25-29-9-5-4-6-10-29)31-14-12-30(13-15-31)41-20-8-7-11-33(41)43/h4-6,9-10,12-15,26,32H,7-8,11,16-25H2,1-3H3. The number of carbonyl (C=O) groups excluding carboxylic acids is 2. The van der Waals surface area contributed by atoms with E-state index in [1.54, 1.807) is 0 Å². The quantitative estimate of drug-likeness (QED) is 0.346. The molecule has 0 atom stereocenters. The van der Waals surface area contributed by atoms with Gasteiger partial charge in [-0.15, -0.1) is 0 Å². The van der Waals surface area contributed by atoms with E-state index in [2.05, 4.69) is 81.3 Å². The maximum atomic E-state index is 13.4. The van der Waals surface area contributed by atoms with E-state index < -0.39 is 0 Å². The molecular weight excluding hydrogens is 548 g/mol. The van der Waals surface area contributed by atoms with E-state index >= 15 is 0 Å². The zero-order valence-corrected chi connectivity index (χ0v) is 26.5. The Bertz CT molecular complexity index is 1420. The number of hydrogen-bond donors (Lipinski definition) is 0. The lowest BCUT2D eigenvalue weighted by Gasteiger charge is -2.50. The molecule has 3 aromatic rings. The number of carbonyl (C=O) groups is 2. The monoisotopic (exact) mass is 594 g/mol. The van der Waals surface area contributed by atoms with E-state index in [0.717, 1.165) is 94.9 Å². The van der Waals surface area contributed by atoms with Crippen molar-refractivity contribution >= 4 is 23.2 Å². The lowest BCUT2D eigenvalue weighted by molar-refractivity contribution is -0.119. The van der Waals surface area contributed by atoms with Crippen LogP contribution < -0.4 is 9.80 Å². The average molecular weight is 595 g/mol. The summed E-state index contributed by atoms with van der Waals surface area (Å²) in [4.78, 5) is 43.6. The van der Waals surface area contributed by atoms with Crippen molar-refractivity contribution in [2.75, 3.05) is 42.5 Å². The lowest BCUT2D eigenvalue weighted by Crippen LogP contribution is -2.58. The van der Waals surface area contributed by atoms with Crippen molar-refractivity contribution in [3.8, 4) is 0 Å². The van der Waals surface area contributed by atoms with Crippen LogP contribution in [-0.2, 0) is 11.3 Å². The summed E-state index contributed by atoms with van der Waals surface area (Å²) >= 11 is 0. The lowest BCUT2D eigenvalue weighted by atomic mass is 9.85. The number of aromatic nitrogens is 2. The van der Waals surface area contributed by atoms with E-state index in [0.29, 0.717) is 18.0 Å². The summed E-state index contributed by atoms with van der Waals surface area (Å²) in [7, 11) is 0. The molecular formula is C36H46N6O2. The fraction of sp³-hybridized carbons (Fsp3) is 0.500. The Hall–Kier alpha value is -3.78. The third-order valence-electron chi connectivity index (χ3n) is 10.2. The summed E-state index contributed by atoms with van der Waals surface area (Å²) in [5, 5.41) is 0. The second-order valence-corrected chi connectivity index (χ2v) is 13.1. The molecule has 0 radical (unpaired) electrons. The second-order valence-electron chi connectivity index (χ2n) is 13.1. The first-order chi connectivity index (χ1) is 21.3. The van der Waals surface area contributed by atoms with Gasteiger partial charge in [0.25, 0.3) is 5.91 Å². The van der Waals surface area contributed by atoms with Crippen molar-refractivity contribution in [1.82, 2.24) is 19.8 Å². The molecule has 0 N–H and O–H groups in total. The summed E-state index contributed by atoms with van der Waals surface area (Å²) in [6.45, 7) is 11.5. The van der Waals surface area contributed by atoms with E-state index in [1.165, 1.54) is 17.6 Å². The zero-order chi connectivity index (χ0) is 30.7. The molecule has 8 nitrogen and oxygen atoms in total. The van der Waals surface area contributed by atoms with Crippen molar-refractivity contribution in [2.24, 2.45) is 0 Å². The molecule has 8 heteroatoms. The van der Waals surface area contributed by atoms with E-state index in [4.69, 9.17) is 0 Å². The van der Waals surface area contributed by atoms with Gasteiger partial charge < -0.3 is 14.7 Å². The second kappa shape index (κ2) is 13.1. The normalized spacial score (nSPS) is 19.7. The van der Waals surface area contributed by atoms with Gasteiger partial charge in [0.1, 0.15) is 6.33 Å². The molecule has 4 heterocycles. The minimum Gasteiger partial charge on any atom is -0.364 e. The van der Waals surface area contributed by atoms with E-state index in [-0.39, 0.29) is 17.4 Å². The number of aryl methyl sites for hydroxylation is 2. The van der Waals surface area contributed by atoms with Crippen molar-refractivity contribution in [3.05, 3.63) is 83.4 Å². The summed E-state index contributed by atoms with van der Waals surface area (Å²) in [5.41, 5.74) is 5.80. The van der Waals surface area contributed by atoms with Gasteiger partial charge in [0.05, 0.1) is 17.0 Å². The number of rotatable bonds is 7. The van der Waals surface area contributed by atoms with Crippen molar-refractivity contribution in [3.63, 3.8) is 0 Å². The molecule has 0 saturated carbocycles. The number of likely N-dealkylation sites (tertiary alicyclic amines) is 2. The van der Waals surface area contributed by atoms with Crippen LogP contribution in [0.1, 0.15) is 79.2 Å². The molecule has 3 fully saturated rings. The first-order valence-electron chi connectivity index (χ1n) is 16.4. The number of anilines is 2.